The third kappa shape index (κ3) is 4.52. The van der Waals surface area contributed by atoms with E-state index in [1.807, 2.05) is 0 Å². The minimum Gasteiger partial charge on any atom is -0.212 e. The molecule has 0 aliphatic heterocycles. The third-order valence-corrected chi connectivity index (χ3v) is 6.18. The molecule has 1 saturated carbocycles. The molecule has 3 nitrogen and oxygen atoms in total. The lowest BCUT2D eigenvalue weighted by Crippen LogP contribution is -2.41. The topological polar surface area (TPSA) is 37.4 Å². The predicted molar refractivity (Wildman–Crippen MR) is 76.1 cm³/mol. The maximum atomic E-state index is 12.5. The lowest BCUT2D eigenvalue weighted by molar-refractivity contribution is 0.395. The second-order valence-corrected chi connectivity index (χ2v) is 7.75. The molecule has 102 valence electrons. The molecule has 0 heterocycles. The van der Waals surface area contributed by atoms with E-state index >= 15 is 0 Å². The number of sulfonamides is 1. The molecule has 1 rings (SSSR count). The van der Waals surface area contributed by atoms with E-state index in [9.17, 15) is 8.42 Å². The second-order valence-electron chi connectivity index (χ2n) is 4.75. The van der Waals surface area contributed by atoms with Gasteiger partial charge in [0.1, 0.15) is 0 Å². The summed E-state index contributed by atoms with van der Waals surface area (Å²) in [5.41, 5.74) is 0. The Morgan fingerprint density at radius 3 is 2.35 bits per heavy atom. The summed E-state index contributed by atoms with van der Waals surface area (Å²) in [7, 11) is -3.06. The molecule has 0 amide bonds. The highest BCUT2D eigenvalue weighted by Crippen LogP contribution is 2.26. The fraction of sp³-hybridized carbons (Fsp3) is 1.00. The van der Waals surface area contributed by atoms with Crippen LogP contribution in [-0.4, -0.2) is 36.4 Å². The summed E-state index contributed by atoms with van der Waals surface area (Å²) in [6.07, 6.45) is 7.04. The first kappa shape index (κ1) is 15.4. The van der Waals surface area contributed by atoms with Gasteiger partial charge in [-0.15, -0.1) is 0 Å². The zero-order valence-electron chi connectivity index (χ0n) is 10.7. The highest BCUT2D eigenvalue weighted by molar-refractivity contribution is 9.09. The summed E-state index contributed by atoms with van der Waals surface area (Å²) >= 11 is 3.35. The number of hydrogen-bond acceptors (Lipinski definition) is 2. The monoisotopic (exact) mass is 325 g/mol. The van der Waals surface area contributed by atoms with Gasteiger partial charge in [0, 0.05) is 18.4 Å². The molecule has 0 aromatic carbocycles. The number of nitrogens with zero attached hydrogens (tertiary/aromatic N) is 1. The molecule has 0 N–H and O–H groups in total. The Balaban J connectivity index is 2.67. The quantitative estimate of drug-likeness (QED) is 0.674. The van der Waals surface area contributed by atoms with Crippen LogP contribution in [0.5, 0.6) is 0 Å². The van der Waals surface area contributed by atoms with Crippen molar-refractivity contribution in [2.24, 2.45) is 0 Å². The van der Waals surface area contributed by atoms with Crippen LogP contribution in [0.15, 0.2) is 0 Å². The van der Waals surface area contributed by atoms with Crippen molar-refractivity contribution in [1.82, 2.24) is 4.31 Å². The number of halogens is 1. The molecule has 0 radical (unpaired) electrons. The highest BCUT2D eigenvalue weighted by atomic mass is 79.9. The second kappa shape index (κ2) is 7.74. The number of unbranched alkanes of at least 4 members (excludes halogenated alkanes) is 1. The van der Waals surface area contributed by atoms with Crippen molar-refractivity contribution in [2.45, 2.75) is 57.1 Å². The zero-order chi connectivity index (χ0) is 12.7. The molecular formula is C12H24BrNO2S. The SMILES string of the molecule is CCCCN(CCBr)S(=O)(=O)C1CCCCC1. The molecule has 17 heavy (non-hydrogen) atoms. The van der Waals surface area contributed by atoms with Gasteiger partial charge in [-0.3, -0.25) is 0 Å². The summed E-state index contributed by atoms with van der Waals surface area (Å²) in [6.45, 7) is 3.39. The molecule has 1 fully saturated rings. The minimum atomic E-state index is -3.06. The first-order valence-corrected chi connectivity index (χ1v) is 9.30. The third-order valence-electron chi connectivity index (χ3n) is 3.43. The Hall–Kier alpha value is 0.390. The summed E-state index contributed by atoms with van der Waals surface area (Å²) in [5, 5.41) is 0.606. The van der Waals surface area contributed by atoms with E-state index in [1.165, 1.54) is 6.42 Å². The summed E-state index contributed by atoms with van der Waals surface area (Å²) in [4.78, 5) is 0. The van der Waals surface area contributed by atoms with Crippen LogP contribution >= 0.6 is 15.9 Å². The van der Waals surface area contributed by atoms with Crippen LogP contribution in [0.3, 0.4) is 0 Å². The Bertz CT molecular complexity index is 300. The molecule has 0 aromatic rings. The highest BCUT2D eigenvalue weighted by Gasteiger charge is 2.32. The van der Waals surface area contributed by atoms with Gasteiger partial charge in [-0.1, -0.05) is 48.5 Å². The summed E-state index contributed by atoms with van der Waals surface area (Å²) < 4.78 is 26.7. The van der Waals surface area contributed by atoms with Crippen LogP contribution in [-0.2, 0) is 10.0 Å². The summed E-state index contributed by atoms with van der Waals surface area (Å²) in [6, 6.07) is 0. The Morgan fingerprint density at radius 1 is 1.18 bits per heavy atom. The van der Waals surface area contributed by atoms with E-state index < -0.39 is 10.0 Å². The van der Waals surface area contributed by atoms with Crippen LogP contribution in [0.25, 0.3) is 0 Å². The van der Waals surface area contributed by atoms with Gasteiger partial charge in [0.25, 0.3) is 0 Å². The van der Waals surface area contributed by atoms with Crippen molar-refractivity contribution in [1.29, 1.82) is 0 Å². The van der Waals surface area contributed by atoms with Gasteiger partial charge in [0.2, 0.25) is 10.0 Å². The number of hydrogen-bond donors (Lipinski definition) is 0. The van der Waals surface area contributed by atoms with Crippen molar-refractivity contribution in [2.75, 3.05) is 18.4 Å². The molecule has 0 saturated heterocycles. The van der Waals surface area contributed by atoms with Crippen molar-refractivity contribution < 1.29 is 8.42 Å². The van der Waals surface area contributed by atoms with Gasteiger partial charge in [0.05, 0.1) is 5.25 Å². The van der Waals surface area contributed by atoms with E-state index in [1.54, 1.807) is 4.31 Å². The number of alkyl halides is 1. The van der Waals surface area contributed by atoms with Crippen LogP contribution in [0.1, 0.15) is 51.9 Å². The lowest BCUT2D eigenvalue weighted by Gasteiger charge is -2.29. The van der Waals surface area contributed by atoms with Gasteiger partial charge < -0.3 is 0 Å². The molecule has 0 spiro atoms. The van der Waals surface area contributed by atoms with Gasteiger partial charge in [-0.25, -0.2) is 12.7 Å². The van der Waals surface area contributed by atoms with Crippen molar-refractivity contribution in [3.05, 3.63) is 0 Å². The van der Waals surface area contributed by atoms with Crippen LogP contribution in [0.4, 0.5) is 0 Å². The van der Waals surface area contributed by atoms with Gasteiger partial charge in [0.15, 0.2) is 0 Å². The first-order valence-electron chi connectivity index (χ1n) is 6.67. The lowest BCUT2D eigenvalue weighted by atomic mass is 10.0. The van der Waals surface area contributed by atoms with E-state index in [-0.39, 0.29) is 5.25 Å². The normalized spacial score (nSPS) is 18.8. The van der Waals surface area contributed by atoms with E-state index in [0.717, 1.165) is 43.9 Å². The average molecular weight is 326 g/mol. The van der Waals surface area contributed by atoms with Crippen molar-refractivity contribution in [3.8, 4) is 0 Å². The average Bonchev–Trinajstić information content (AvgIpc) is 2.35. The fourth-order valence-electron chi connectivity index (χ4n) is 2.37. The fourth-order valence-corrected chi connectivity index (χ4v) is 5.11. The number of rotatable bonds is 7. The predicted octanol–water partition coefficient (Wildman–Crippen LogP) is 3.15. The maximum absolute atomic E-state index is 12.5. The standard InChI is InChI=1S/C12H24BrNO2S/c1-2-3-10-14(11-9-13)17(15,16)12-7-5-4-6-8-12/h12H,2-11H2,1H3. The molecule has 1 aliphatic rings. The molecule has 0 bridgehead atoms. The Kier molecular flexibility index (Phi) is 7.04. The van der Waals surface area contributed by atoms with Crippen molar-refractivity contribution in [3.63, 3.8) is 0 Å². The largest absolute Gasteiger partial charge is 0.217 e. The van der Waals surface area contributed by atoms with Gasteiger partial charge >= 0.3 is 0 Å². The molecule has 5 heteroatoms. The molecular weight excluding hydrogens is 302 g/mol. The van der Waals surface area contributed by atoms with E-state index in [2.05, 4.69) is 22.9 Å². The van der Waals surface area contributed by atoms with E-state index in [4.69, 9.17) is 0 Å². The molecule has 0 unspecified atom stereocenters. The van der Waals surface area contributed by atoms with Crippen LogP contribution in [0.2, 0.25) is 0 Å². The molecule has 1 aliphatic carbocycles. The smallest absolute Gasteiger partial charge is 0.212 e. The molecule has 0 aromatic heterocycles. The Morgan fingerprint density at radius 2 is 1.82 bits per heavy atom. The minimum absolute atomic E-state index is 0.118. The first-order chi connectivity index (χ1) is 8.12. The zero-order valence-corrected chi connectivity index (χ0v) is 13.1. The Labute approximate surface area is 114 Å². The van der Waals surface area contributed by atoms with E-state index in [0.29, 0.717) is 13.1 Å². The van der Waals surface area contributed by atoms with Gasteiger partial charge in [-0.05, 0) is 19.3 Å². The maximum Gasteiger partial charge on any atom is 0.217 e. The van der Waals surface area contributed by atoms with Crippen LogP contribution in [0, 0.1) is 0 Å². The van der Waals surface area contributed by atoms with Crippen molar-refractivity contribution >= 4 is 26.0 Å². The van der Waals surface area contributed by atoms with Crippen LogP contribution < -0.4 is 0 Å². The van der Waals surface area contributed by atoms with Gasteiger partial charge in [-0.2, -0.15) is 0 Å². The molecule has 0 atom stereocenters. The summed E-state index contributed by atoms with van der Waals surface area (Å²) in [5.74, 6) is 0.